The Morgan fingerprint density at radius 3 is 2.55 bits per heavy atom. The fraction of sp³-hybridized carbons (Fsp3) is 0.444. The van der Waals surface area contributed by atoms with Crippen molar-refractivity contribution in [1.82, 2.24) is 0 Å². The molecule has 0 bridgehead atoms. The zero-order valence-electron chi connectivity index (χ0n) is 7.26. The van der Waals surface area contributed by atoms with Gasteiger partial charge < -0.3 is 4.74 Å². The Hall–Kier alpha value is -1.05. The summed E-state index contributed by atoms with van der Waals surface area (Å²) in [5.41, 5.74) is 0.606. The second-order valence-electron chi connectivity index (χ2n) is 2.05. The summed E-state index contributed by atoms with van der Waals surface area (Å²) in [6, 6.07) is 0. The van der Waals surface area contributed by atoms with Crippen LogP contribution in [0.1, 0.15) is 20.3 Å². The quantitative estimate of drug-likeness (QED) is 0.353. The van der Waals surface area contributed by atoms with Crippen LogP contribution in [0.3, 0.4) is 0 Å². The number of carbonyl (C=O) groups is 1. The molecule has 2 heteroatoms. The molecule has 0 spiro atoms. The molecule has 0 saturated carbocycles. The lowest BCUT2D eigenvalue weighted by Gasteiger charge is -1.96. The highest BCUT2D eigenvalue weighted by Crippen LogP contribution is 1.99. The van der Waals surface area contributed by atoms with E-state index in [2.05, 4.69) is 4.74 Å². The maximum atomic E-state index is 10.9. The van der Waals surface area contributed by atoms with Gasteiger partial charge >= 0.3 is 5.97 Å². The van der Waals surface area contributed by atoms with Gasteiger partial charge in [-0.05, 0) is 13.3 Å². The van der Waals surface area contributed by atoms with Gasteiger partial charge in [0.2, 0.25) is 0 Å². The van der Waals surface area contributed by atoms with E-state index in [0.29, 0.717) is 5.57 Å². The molecule has 0 rings (SSSR count). The SMILES string of the molecule is C/C=C(\C=C/CC)C(=O)OC. The van der Waals surface area contributed by atoms with Crippen LogP contribution in [-0.4, -0.2) is 13.1 Å². The third kappa shape index (κ3) is 3.61. The Balaban J connectivity index is 4.19. The van der Waals surface area contributed by atoms with Crippen LogP contribution in [-0.2, 0) is 9.53 Å². The van der Waals surface area contributed by atoms with Crippen molar-refractivity contribution < 1.29 is 9.53 Å². The molecule has 0 atom stereocenters. The minimum absolute atomic E-state index is 0.280. The molecule has 0 amide bonds. The maximum Gasteiger partial charge on any atom is 0.337 e. The van der Waals surface area contributed by atoms with E-state index in [-0.39, 0.29) is 5.97 Å². The molecule has 0 aromatic heterocycles. The summed E-state index contributed by atoms with van der Waals surface area (Å²) in [6.07, 6.45) is 6.35. The highest BCUT2D eigenvalue weighted by atomic mass is 16.5. The molecule has 0 aromatic rings. The third-order valence-corrected chi connectivity index (χ3v) is 1.27. The van der Waals surface area contributed by atoms with Crippen molar-refractivity contribution in [3.05, 3.63) is 23.8 Å². The Morgan fingerprint density at radius 1 is 1.55 bits per heavy atom. The predicted molar refractivity (Wildman–Crippen MR) is 45.2 cm³/mol. The summed E-state index contributed by atoms with van der Waals surface area (Å²) >= 11 is 0. The second-order valence-corrected chi connectivity index (χ2v) is 2.05. The Morgan fingerprint density at radius 2 is 2.18 bits per heavy atom. The fourth-order valence-electron chi connectivity index (χ4n) is 0.645. The first-order valence-electron chi connectivity index (χ1n) is 3.67. The summed E-state index contributed by atoms with van der Waals surface area (Å²) in [5, 5.41) is 0. The molecule has 0 N–H and O–H groups in total. The number of methoxy groups -OCH3 is 1. The number of esters is 1. The lowest BCUT2D eigenvalue weighted by atomic mass is 10.2. The van der Waals surface area contributed by atoms with Gasteiger partial charge in [0, 0.05) is 0 Å². The van der Waals surface area contributed by atoms with Crippen LogP contribution in [0.15, 0.2) is 23.8 Å². The van der Waals surface area contributed by atoms with Gasteiger partial charge in [-0.1, -0.05) is 25.2 Å². The first-order chi connectivity index (χ1) is 5.26. The number of carbonyl (C=O) groups excluding carboxylic acids is 1. The maximum absolute atomic E-state index is 10.9. The van der Waals surface area contributed by atoms with Crippen LogP contribution in [0.2, 0.25) is 0 Å². The minimum Gasteiger partial charge on any atom is -0.465 e. The molecular weight excluding hydrogens is 140 g/mol. The van der Waals surface area contributed by atoms with Gasteiger partial charge in [-0.2, -0.15) is 0 Å². The zero-order chi connectivity index (χ0) is 8.69. The minimum atomic E-state index is -0.280. The Bertz CT molecular complexity index is 178. The van der Waals surface area contributed by atoms with E-state index in [4.69, 9.17) is 0 Å². The zero-order valence-corrected chi connectivity index (χ0v) is 7.26. The lowest BCUT2D eigenvalue weighted by molar-refractivity contribution is -0.135. The summed E-state index contributed by atoms with van der Waals surface area (Å²) in [7, 11) is 1.38. The fourth-order valence-corrected chi connectivity index (χ4v) is 0.645. The number of hydrogen-bond donors (Lipinski definition) is 0. The van der Waals surface area contributed by atoms with E-state index in [0.717, 1.165) is 6.42 Å². The van der Waals surface area contributed by atoms with Crippen molar-refractivity contribution in [2.45, 2.75) is 20.3 Å². The van der Waals surface area contributed by atoms with Crippen molar-refractivity contribution >= 4 is 5.97 Å². The number of ether oxygens (including phenoxy) is 1. The summed E-state index contributed by atoms with van der Waals surface area (Å²) in [5.74, 6) is -0.280. The van der Waals surface area contributed by atoms with Gasteiger partial charge in [-0.25, -0.2) is 4.79 Å². The van der Waals surface area contributed by atoms with Gasteiger partial charge in [0.25, 0.3) is 0 Å². The average Bonchev–Trinajstić information content (AvgIpc) is 2.05. The topological polar surface area (TPSA) is 26.3 Å². The van der Waals surface area contributed by atoms with Crippen LogP contribution in [0.5, 0.6) is 0 Å². The molecular formula is C9H14O2. The molecule has 0 unspecified atom stereocenters. The van der Waals surface area contributed by atoms with E-state index >= 15 is 0 Å². The van der Waals surface area contributed by atoms with Crippen LogP contribution in [0.4, 0.5) is 0 Å². The van der Waals surface area contributed by atoms with Crippen LogP contribution in [0, 0.1) is 0 Å². The molecule has 0 aliphatic heterocycles. The largest absolute Gasteiger partial charge is 0.465 e. The first kappa shape index (κ1) is 9.95. The molecule has 0 saturated heterocycles. The van der Waals surface area contributed by atoms with Crippen molar-refractivity contribution in [3.63, 3.8) is 0 Å². The molecule has 2 nitrogen and oxygen atoms in total. The van der Waals surface area contributed by atoms with Gasteiger partial charge in [0.1, 0.15) is 0 Å². The smallest absolute Gasteiger partial charge is 0.337 e. The number of hydrogen-bond acceptors (Lipinski definition) is 2. The molecule has 0 aliphatic carbocycles. The average molecular weight is 154 g/mol. The second kappa shape index (κ2) is 5.71. The molecule has 0 radical (unpaired) electrons. The molecule has 0 heterocycles. The molecule has 0 fully saturated rings. The normalized spacial score (nSPS) is 12.1. The number of allylic oxidation sites excluding steroid dienone is 2. The van der Waals surface area contributed by atoms with E-state index in [9.17, 15) is 4.79 Å². The number of rotatable bonds is 3. The monoisotopic (exact) mass is 154 g/mol. The molecule has 62 valence electrons. The van der Waals surface area contributed by atoms with Gasteiger partial charge in [-0.3, -0.25) is 0 Å². The standard InChI is InChI=1S/C9H14O2/c1-4-6-7-8(5-2)9(10)11-3/h5-7H,4H2,1-3H3/b7-6-,8-5+. The van der Waals surface area contributed by atoms with E-state index in [1.807, 2.05) is 19.9 Å². The van der Waals surface area contributed by atoms with Crippen molar-refractivity contribution in [2.75, 3.05) is 7.11 Å². The van der Waals surface area contributed by atoms with Gasteiger partial charge in [-0.15, -0.1) is 0 Å². The molecule has 0 aromatic carbocycles. The van der Waals surface area contributed by atoms with E-state index in [1.165, 1.54) is 7.11 Å². The first-order valence-corrected chi connectivity index (χ1v) is 3.67. The van der Waals surface area contributed by atoms with Crippen molar-refractivity contribution in [1.29, 1.82) is 0 Å². The third-order valence-electron chi connectivity index (χ3n) is 1.27. The highest BCUT2D eigenvalue weighted by molar-refractivity contribution is 5.91. The van der Waals surface area contributed by atoms with Crippen LogP contribution >= 0.6 is 0 Å². The van der Waals surface area contributed by atoms with E-state index in [1.54, 1.807) is 12.2 Å². The van der Waals surface area contributed by atoms with Gasteiger partial charge in [0.05, 0.1) is 12.7 Å². The van der Waals surface area contributed by atoms with Gasteiger partial charge in [0.15, 0.2) is 0 Å². The summed E-state index contributed by atoms with van der Waals surface area (Å²) in [6.45, 7) is 3.83. The summed E-state index contributed by atoms with van der Waals surface area (Å²) < 4.78 is 4.54. The van der Waals surface area contributed by atoms with Crippen LogP contribution < -0.4 is 0 Å². The predicted octanol–water partition coefficient (Wildman–Crippen LogP) is 2.07. The van der Waals surface area contributed by atoms with Crippen LogP contribution in [0.25, 0.3) is 0 Å². The van der Waals surface area contributed by atoms with Crippen molar-refractivity contribution in [3.8, 4) is 0 Å². The Labute approximate surface area is 67.6 Å². The molecule has 0 aliphatic rings. The van der Waals surface area contributed by atoms with Crippen molar-refractivity contribution in [2.24, 2.45) is 0 Å². The highest BCUT2D eigenvalue weighted by Gasteiger charge is 2.02. The molecule has 11 heavy (non-hydrogen) atoms. The van der Waals surface area contributed by atoms with E-state index < -0.39 is 0 Å². The summed E-state index contributed by atoms with van der Waals surface area (Å²) in [4.78, 5) is 10.9. The lowest BCUT2D eigenvalue weighted by Crippen LogP contribution is -2.01. The Kier molecular flexibility index (Phi) is 5.17.